The number of hydrogen-bond acceptors (Lipinski definition) is 3. The number of fused-ring (bicyclic) bond motifs is 1. The van der Waals surface area contributed by atoms with E-state index in [0.29, 0.717) is 25.0 Å². The van der Waals surface area contributed by atoms with Gasteiger partial charge in [-0.2, -0.15) is 0 Å². The number of aldehydes is 1. The fraction of sp³-hybridized carbons (Fsp3) is 0.500. The van der Waals surface area contributed by atoms with Gasteiger partial charge in [0.05, 0.1) is 13.1 Å². The Morgan fingerprint density at radius 1 is 1.37 bits per heavy atom. The third-order valence-corrected chi connectivity index (χ3v) is 5.95. The minimum Gasteiger partial charge on any atom is -0.302 e. The van der Waals surface area contributed by atoms with E-state index in [1.54, 1.807) is 11.8 Å². The second kappa shape index (κ2) is 9.67. The van der Waals surface area contributed by atoms with E-state index in [1.807, 2.05) is 6.08 Å². The minimum atomic E-state index is 0.433. The van der Waals surface area contributed by atoms with Crippen molar-refractivity contribution in [1.82, 2.24) is 4.90 Å². The summed E-state index contributed by atoms with van der Waals surface area (Å²) in [4.78, 5) is 17.7. The molecule has 1 fully saturated rings. The van der Waals surface area contributed by atoms with Gasteiger partial charge in [-0.15, -0.1) is 6.42 Å². The van der Waals surface area contributed by atoms with Crippen LogP contribution in [-0.2, 0) is 17.6 Å². The molecule has 0 spiro atoms. The van der Waals surface area contributed by atoms with Gasteiger partial charge in [0.2, 0.25) is 0 Å². The molecule has 3 rings (SSSR count). The Bertz CT molecular complexity index is 756. The summed E-state index contributed by atoms with van der Waals surface area (Å²) in [6.45, 7) is 4.11. The summed E-state index contributed by atoms with van der Waals surface area (Å²) in [5, 5.41) is 0. The van der Waals surface area contributed by atoms with Crippen molar-refractivity contribution in [2.45, 2.75) is 57.4 Å². The molecule has 1 saturated heterocycles. The Kier molecular flexibility index (Phi) is 7.01. The molecule has 0 bridgehead atoms. The van der Waals surface area contributed by atoms with E-state index in [4.69, 9.17) is 6.42 Å². The predicted molar refractivity (Wildman–Crippen MR) is 112 cm³/mol. The number of hydrogen-bond donors (Lipinski definition) is 0. The molecule has 0 amide bonds. The number of likely N-dealkylation sites (tertiary alicyclic amines) is 1. The van der Waals surface area contributed by atoms with Crippen molar-refractivity contribution in [1.29, 1.82) is 0 Å². The number of nitrogens with zero attached hydrogens (tertiary/aromatic N) is 2. The number of carbonyl (C=O) groups excluding carboxylic acids is 1. The zero-order valence-electron chi connectivity index (χ0n) is 16.4. The number of carbonyl (C=O) groups is 1. The number of aliphatic imine (C=N–C) groups is 1. The average molecular weight is 363 g/mol. The van der Waals surface area contributed by atoms with E-state index in [2.05, 4.69) is 40.9 Å². The molecule has 1 heterocycles. The highest BCUT2D eigenvalue weighted by Crippen LogP contribution is 2.35. The van der Waals surface area contributed by atoms with Gasteiger partial charge in [-0.05, 0) is 74.1 Å². The largest absolute Gasteiger partial charge is 0.302 e. The van der Waals surface area contributed by atoms with Gasteiger partial charge in [-0.3, -0.25) is 9.89 Å². The van der Waals surface area contributed by atoms with Crippen molar-refractivity contribution >= 4 is 12.5 Å². The van der Waals surface area contributed by atoms with Crippen LogP contribution in [0.15, 0.2) is 34.8 Å². The monoisotopic (exact) mass is 362 g/mol. The zero-order chi connectivity index (χ0) is 19.1. The summed E-state index contributed by atoms with van der Waals surface area (Å²) in [6.07, 6.45) is 17.1. The van der Waals surface area contributed by atoms with Crippen LogP contribution in [0.5, 0.6) is 0 Å². The maximum Gasteiger partial charge on any atom is 0.133 e. The SMILES string of the molecule is C#CCN=C/C=C(\C)CCC1CC(c2ccc3c(c2)CCC3)CN1CC=O. The molecule has 2 atom stereocenters. The minimum absolute atomic E-state index is 0.433. The smallest absolute Gasteiger partial charge is 0.133 e. The summed E-state index contributed by atoms with van der Waals surface area (Å²) in [7, 11) is 0. The molecule has 2 unspecified atom stereocenters. The molecule has 2 aliphatic rings. The van der Waals surface area contributed by atoms with Crippen LogP contribution in [0.3, 0.4) is 0 Å². The van der Waals surface area contributed by atoms with E-state index >= 15 is 0 Å². The van der Waals surface area contributed by atoms with Crippen LogP contribution in [0.25, 0.3) is 0 Å². The molecule has 142 valence electrons. The normalized spacial score (nSPS) is 22.9. The molecule has 1 aliphatic carbocycles. The fourth-order valence-electron chi connectivity index (χ4n) is 4.45. The van der Waals surface area contributed by atoms with E-state index in [9.17, 15) is 4.79 Å². The van der Waals surface area contributed by atoms with Gasteiger partial charge >= 0.3 is 0 Å². The molecule has 0 saturated carbocycles. The second-order valence-corrected chi connectivity index (χ2v) is 7.83. The highest BCUT2D eigenvalue weighted by atomic mass is 16.1. The first-order chi connectivity index (χ1) is 13.2. The van der Waals surface area contributed by atoms with Crippen molar-refractivity contribution in [3.05, 3.63) is 46.5 Å². The van der Waals surface area contributed by atoms with Crippen molar-refractivity contribution in [2.75, 3.05) is 19.6 Å². The van der Waals surface area contributed by atoms with Crippen molar-refractivity contribution < 1.29 is 4.79 Å². The number of rotatable bonds is 8. The molecule has 3 heteroatoms. The molecule has 0 aromatic heterocycles. The number of aryl methyl sites for hydroxylation is 2. The Balaban J connectivity index is 1.61. The third-order valence-electron chi connectivity index (χ3n) is 5.95. The predicted octanol–water partition coefficient (Wildman–Crippen LogP) is 3.96. The van der Waals surface area contributed by atoms with Gasteiger partial charge in [0.15, 0.2) is 0 Å². The lowest BCUT2D eigenvalue weighted by molar-refractivity contribution is -0.109. The molecule has 1 aromatic carbocycles. The van der Waals surface area contributed by atoms with Crippen LogP contribution in [-0.4, -0.2) is 43.1 Å². The highest BCUT2D eigenvalue weighted by Gasteiger charge is 2.32. The first-order valence-electron chi connectivity index (χ1n) is 10.1. The Morgan fingerprint density at radius 3 is 3.04 bits per heavy atom. The van der Waals surface area contributed by atoms with E-state index < -0.39 is 0 Å². The zero-order valence-corrected chi connectivity index (χ0v) is 16.4. The quantitative estimate of drug-likeness (QED) is 0.398. The van der Waals surface area contributed by atoms with Crippen molar-refractivity contribution in [2.24, 2.45) is 4.99 Å². The molecule has 0 radical (unpaired) electrons. The summed E-state index contributed by atoms with van der Waals surface area (Å²) in [5.41, 5.74) is 5.85. The molecular formula is C24H30N2O. The molecule has 27 heavy (non-hydrogen) atoms. The lowest BCUT2D eigenvalue weighted by atomic mass is 9.92. The standard InChI is InChI=1S/C24H30N2O/c1-3-12-25-13-11-19(2)7-10-24-17-23(18-26(24)14-15-27)22-9-8-20-5-4-6-21(20)16-22/h1,8-9,11,13,15-16,23-24H,4-7,10,12,14,17-18H2,2H3/b19-11+,25-13?. The van der Waals surface area contributed by atoms with Gasteiger partial charge < -0.3 is 4.79 Å². The Morgan fingerprint density at radius 2 is 2.22 bits per heavy atom. The van der Waals surface area contributed by atoms with Crippen molar-refractivity contribution in [3.63, 3.8) is 0 Å². The summed E-state index contributed by atoms with van der Waals surface area (Å²) in [6, 6.07) is 7.56. The van der Waals surface area contributed by atoms with Gasteiger partial charge in [-0.25, -0.2) is 0 Å². The van der Waals surface area contributed by atoms with Crippen LogP contribution in [0.1, 0.15) is 55.2 Å². The molecule has 1 aliphatic heterocycles. The van der Waals surface area contributed by atoms with Crippen LogP contribution in [0.4, 0.5) is 0 Å². The Hall–Kier alpha value is -2.18. The van der Waals surface area contributed by atoms with Gasteiger partial charge in [0, 0.05) is 18.8 Å². The first kappa shape index (κ1) is 19.6. The third kappa shape index (κ3) is 5.17. The fourth-order valence-corrected chi connectivity index (χ4v) is 4.45. The lowest BCUT2D eigenvalue weighted by Gasteiger charge is -2.21. The van der Waals surface area contributed by atoms with Gasteiger partial charge in [0.1, 0.15) is 6.29 Å². The highest BCUT2D eigenvalue weighted by molar-refractivity contribution is 5.72. The molecular weight excluding hydrogens is 332 g/mol. The first-order valence-corrected chi connectivity index (χ1v) is 10.1. The average Bonchev–Trinajstić information content (AvgIpc) is 3.30. The summed E-state index contributed by atoms with van der Waals surface area (Å²) in [5.74, 6) is 3.05. The van der Waals surface area contributed by atoms with E-state index in [0.717, 1.165) is 32.1 Å². The molecule has 3 nitrogen and oxygen atoms in total. The maximum absolute atomic E-state index is 11.2. The van der Waals surface area contributed by atoms with Crippen LogP contribution >= 0.6 is 0 Å². The molecule has 0 N–H and O–H groups in total. The lowest BCUT2D eigenvalue weighted by Crippen LogP contribution is -2.31. The van der Waals surface area contributed by atoms with E-state index in [1.165, 1.54) is 36.0 Å². The number of benzene rings is 1. The topological polar surface area (TPSA) is 32.7 Å². The number of allylic oxidation sites excluding steroid dienone is 2. The molecule has 1 aromatic rings. The van der Waals surface area contributed by atoms with Gasteiger partial charge in [0.25, 0.3) is 0 Å². The van der Waals surface area contributed by atoms with Crippen molar-refractivity contribution in [3.8, 4) is 12.3 Å². The second-order valence-electron chi connectivity index (χ2n) is 7.83. The summed E-state index contributed by atoms with van der Waals surface area (Å²) < 4.78 is 0. The maximum atomic E-state index is 11.2. The Labute approximate surface area is 163 Å². The van der Waals surface area contributed by atoms with Crippen LogP contribution in [0.2, 0.25) is 0 Å². The van der Waals surface area contributed by atoms with Crippen LogP contribution < -0.4 is 0 Å². The number of terminal acetylenes is 1. The van der Waals surface area contributed by atoms with Crippen LogP contribution in [0, 0.1) is 12.3 Å². The van der Waals surface area contributed by atoms with E-state index in [-0.39, 0.29) is 0 Å². The van der Waals surface area contributed by atoms with Gasteiger partial charge in [-0.1, -0.05) is 29.7 Å². The summed E-state index contributed by atoms with van der Waals surface area (Å²) >= 11 is 0.